The average molecular weight is 234 g/mol. The first kappa shape index (κ1) is 11.3. The summed E-state index contributed by atoms with van der Waals surface area (Å²) in [6, 6.07) is 11.2. The van der Waals surface area contributed by atoms with Crippen molar-refractivity contribution in [1.82, 2.24) is 0 Å². The highest BCUT2D eigenvalue weighted by Crippen LogP contribution is 2.16. The molecule has 0 atom stereocenters. The molecule has 0 unspecified atom stereocenters. The quantitative estimate of drug-likeness (QED) is 0.589. The van der Waals surface area contributed by atoms with Crippen molar-refractivity contribution in [2.75, 3.05) is 0 Å². The maximum absolute atomic E-state index is 12.9. The molecule has 86 valence electrons. The lowest BCUT2D eigenvalue weighted by Gasteiger charge is -2.04. The van der Waals surface area contributed by atoms with Gasteiger partial charge < -0.3 is 4.74 Å². The van der Waals surface area contributed by atoms with E-state index in [2.05, 4.69) is 0 Å². The Hall–Kier alpha value is -2.23. The summed E-state index contributed by atoms with van der Waals surface area (Å²) in [5, 5.41) is 0. The number of benzene rings is 2. The van der Waals surface area contributed by atoms with Gasteiger partial charge in [-0.2, -0.15) is 0 Å². The molecule has 0 aromatic heterocycles. The lowest BCUT2D eigenvalue weighted by molar-refractivity contribution is 0.0734. The maximum Gasteiger partial charge on any atom is 0.343 e. The summed E-state index contributed by atoms with van der Waals surface area (Å²) in [5.41, 5.74) is 0.345. The second-order valence-electron chi connectivity index (χ2n) is 3.33. The van der Waals surface area contributed by atoms with Gasteiger partial charge >= 0.3 is 5.97 Å². The lowest BCUT2D eigenvalue weighted by Crippen LogP contribution is -2.08. The molecular weight excluding hydrogens is 226 g/mol. The van der Waals surface area contributed by atoms with Gasteiger partial charge in [0.25, 0.3) is 0 Å². The molecule has 2 aromatic carbocycles. The highest BCUT2D eigenvalue weighted by molar-refractivity contribution is 5.90. The Morgan fingerprint density at radius 2 is 1.65 bits per heavy atom. The first-order valence-electron chi connectivity index (χ1n) is 4.89. The van der Waals surface area contributed by atoms with Gasteiger partial charge in [-0.15, -0.1) is 0 Å². The van der Waals surface area contributed by atoms with Crippen molar-refractivity contribution in [2.24, 2.45) is 0 Å². The van der Waals surface area contributed by atoms with Crippen LogP contribution in [-0.2, 0) is 0 Å². The van der Waals surface area contributed by atoms with Crippen LogP contribution in [0.2, 0.25) is 0 Å². The number of halogens is 2. The predicted octanol–water partition coefficient (Wildman–Crippen LogP) is 3.18. The Kier molecular flexibility index (Phi) is 3.14. The van der Waals surface area contributed by atoms with Crippen molar-refractivity contribution in [1.29, 1.82) is 0 Å². The topological polar surface area (TPSA) is 26.3 Å². The fraction of sp³-hybridized carbons (Fsp3) is 0. The molecule has 17 heavy (non-hydrogen) atoms. The number of ether oxygens (including phenoxy) is 1. The van der Waals surface area contributed by atoms with Crippen LogP contribution in [0.3, 0.4) is 0 Å². The van der Waals surface area contributed by atoms with Gasteiger partial charge in [0.05, 0.1) is 5.56 Å². The Morgan fingerprint density at radius 3 is 2.29 bits per heavy atom. The van der Waals surface area contributed by atoms with Crippen molar-refractivity contribution in [2.45, 2.75) is 0 Å². The highest BCUT2D eigenvalue weighted by atomic mass is 19.2. The molecule has 0 heterocycles. The molecule has 2 rings (SSSR count). The molecule has 0 spiro atoms. The Balaban J connectivity index is 2.16. The average Bonchev–Trinajstić information content (AvgIpc) is 2.35. The van der Waals surface area contributed by atoms with Crippen LogP contribution < -0.4 is 4.74 Å². The zero-order valence-corrected chi connectivity index (χ0v) is 8.69. The molecule has 0 aliphatic heterocycles. The minimum Gasteiger partial charge on any atom is -0.423 e. The Morgan fingerprint density at radius 1 is 0.941 bits per heavy atom. The number of esters is 1. The second-order valence-corrected chi connectivity index (χ2v) is 3.33. The summed E-state index contributed by atoms with van der Waals surface area (Å²) in [6.07, 6.45) is 0. The first-order valence-corrected chi connectivity index (χ1v) is 4.89. The van der Waals surface area contributed by atoms with E-state index in [0.29, 0.717) is 5.56 Å². The highest BCUT2D eigenvalue weighted by Gasteiger charge is 2.09. The molecule has 0 aliphatic carbocycles. The van der Waals surface area contributed by atoms with Crippen molar-refractivity contribution in [3.05, 3.63) is 65.7 Å². The lowest BCUT2D eigenvalue weighted by atomic mass is 10.2. The largest absolute Gasteiger partial charge is 0.423 e. The van der Waals surface area contributed by atoms with Gasteiger partial charge in [0.2, 0.25) is 0 Å². The molecule has 0 aliphatic rings. The fourth-order valence-electron chi connectivity index (χ4n) is 1.28. The minimum absolute atomic E-state index is 0.0299. The van der Waals surface area contributed by atoms with E-state index in [9.17, 15) is 13.6 Å². The van der Waals surface area contributed by atoms with E-state index >= 15 is 0 Å². The third kappa shape index (κ3) is 2.66. The van der Waals surface area contributed by atoms with Gasteiger partial charge in [-0.1, -0.05) is 18.2 Å². The van der Waals surface area contributed by atoms with E-state index in [1.54, 1.807) is 30.3 Å². The van der Waals surface area contributed by atoms with Gasteiger partial charge in [-0.3, -0.25) is 0 Å². The Bertz CT molecular complexity index is 538. The van der Waals surface area contributed by atoms with Gasteiger partial charge in [0, 0.05) is 6.07 Å². The van der Waals surface area contributed by atoms with Crippen molar-refractivity contribution in [3.8, 4) is 5.75 Å². The fourth-order valence-corrected chi connectivity index (χ4v) is 1.28. The number of carbonyl (C=O) groups excluding carboxylic acids is 1. The monoisotopic (exact) mass is 234 g/mol. The summed E-state index contributed by atoms with van der Waals surface area (Å²) in [7, 11) is 0. The van der Waals surface area contributed by atoms with Crippen LogP contribution in [0.4, 0.5) is 8.78 Å². The minimum atomic E-state index is -1.05. The molecule has 2 aromatic rings. The molecule has 0 bridgehead atoms. The van der Waals surface area contributed by atoms with E-state index < -0.39 is 17.6 Å². The van der Waals surface area contributed by atoms with E-state index in [4.69, 9.17) is 4.74 Å². The molecular formula is C13H8F2O2. The normalized spacial score (nSPS) is 10.0. The maximum atomic E-state index is 12.9. The second kappa shape index (κ2) is 4.74. The third-order valence-electron chi connectivity index (χ3n) is 2.11. The van der Waals surface area contributed by atoms with Crippen molar-refractivity contribution in [3.63, 3.8) is 0 Å². The zero-order valence-electron chi connectivity index (χ0n) is 8.69. The number of rotatable bonds is 2. The van der Waals surface area contributed by atoms with Crippen LogP contribution in [-0.4, -0.2) is 5.97 Å². The smallest absolute Gasteiger partial charge is 0.343 e. The van der Waals surface area contributed by atoms with Gasteiger partial charge in [0.1, 0.15) is 5.75 Å². The number of hydrogen-bond donors (Lipinski definition) is 0. The molecule has 0 fully saturated rings. The standard InChI is InChI=1S/C13H8F2O2/c14-11-7-6-10(8-12(11)15)17-13(16)9-4-2-1-3-5-9/h1-8H. The van der Waals surface area contributed by atoms with Crippen LogP contribution in [0, 0.1) is 11.6 Å². The zero-order chi connectivity index (χ0) is 12.3. The molecule has 4 heteroatoms. The van der Waals surface area contributed by atoms with Crippen molar-refractivity contribution >= 4 is 5.97 Å². The number of carbonyl (C=O) groups is 1. The Labute approximate surface area is 96.5 Å². The van der Waals surface area contributed by atoms with Crippen LogP contribution in [0.5, 0.6) is 5.75 Å². The van der Waals surface area contributed by atoms with Crippen LogP contribution in [0.25, 0.3) is 0 Å². The van der Waals surface area contributed by atoms with E-state index in [0.717, 1.165) is 12.1 Å². The summed E-state index contributed by atoms with van der Waals surface area (Å²) in [6.45, 7) is 0. The summed E-state index contributed by atoms with van der Waals surface area (Å²) >= 11 is 0. The summed E-state index contributed by atoms with van der Waals surface area (Å²) in [4.78, 5) is 11.6. The predicted molar refractivity (Wildman–Crippen MR) is 57.8 cm³/mol. The molecule has 0 N–H and O–H groups in total. The number of hydrogen-bond acceptors (Lipinski definition) is 2. The van der Waals surface area contributed by atoms with Crippen LogP contribution in [0.15, 0.2) is 48.5 Å². The van der Waals surface area contributed by atoms with Gasteiger partial charge in [0.15, 0.2) is 11.6 Å². The van der Waals surface area contributed by atoms with E-state index in [-0.39, 0.29) is 5.75 Å². The molecule has 2 nitrogen and oxygen atoms in total. The molecule has 0 amide bonds. The summed E-state index contributed by atoms with van der Waals surface area (Å²) in [5.74, 6) is -2.68. The van der Waals surface area contributed by atoms with Crippen molar-refractivity contribution < 1.29 is 18.3 Å². The first-order chi connectivity index (χ1) is 8.16. The third-order valence-corrected chi connectivity index (χ3v) is 2.11. The SMILES string of the molecule is O=C(Oc1ccc(F)c(F)c1)c1ccccc1. The molecule has 0 saturated heterocycles. The van der Waals surface area contributed by atoms with E-state index in [1.807, 2.05) is 0 Å². The van der Waals surface area contributed by atoms with Crippen LogP contribution in [0.1, 0.15) is 10.4 Å². The van der Waals surface area contributed by atoms with E-state index in [1.165, 1.54) is 6.07 Å². The summed E-state index contributed by atoms with van der Waals surface area (Å²) < 4.78 is 30.4. The molecule has 0 radical (unpaired) electrons. The van der Waals surface area contributed by atoms with Crippen LogP contribution >= 0.6 is 0 Å². The van der Waals surface area contributed by atoms with Gasteiger partial charge in [-0.05, 0) is 24.3 Å². The van der Waals surface area contributed by atoms with Gasteiger partial charge in [-0.25, -0.2) is 13.6 Å². The molecule has 0 saturated carbocycles.